The third-order valence-corrected chi connectivity index (χ3v) is 5.16. The van der Waals surface area contributed by atoms with Gasteiger partial charge in [-0.3, -0.25) is 9.78 Å². The molecule has 2 heterocycles. The average Bonchev–Trinajstić information content (AvgIpc) is 2.74. The number of benzene rings is 1. The van der Waals surface area contributed by atoms with Crippen molar-refractivity contribution < 1.29 is 9.18 Å². The van der Waals surface area contributed by atoms with Gasteiger partial charge in [-0.1, -0.05) is 6.92 Å². The molecule has 2 atom stereocenters. The SMILES string of the molecule is CCC(NC(=O)c1cncc(Nc2ccc(F)cc2)c1C=N)C1CCCNC1. The standard InChI is InChI=1S/C21H26FN5O/c1-2-19(14-4-3-9-24-11-14)27-21(28)18-12-25-13-20(17(18)10-23)26-16-7-5-15(22)6-8-16/h5-8,10,12-14,19,23-24,26H,2-4,9,11H2,1H3,(H,27,28). The Hall–Kier alpha value is -2.80. The van der Waals surface area contributed by atoms with Crippen LogP contribution in [-0.4, -0.2) is 36.2 Å². The number of piperidine rings is 1. The van der Waals surface area contributed by atoms with Gasteiger partial charge in [-0.25, -0.2) is 4.39 Å². The largest absolute Gasteiger partial charge is 0.354 e. The quantitative estimate of drug-likeness (QED) is 0.551. The fourth-order valence-electron chi connectivity index (χ4n) is 3.62. The Kier molecular flexibility index (Phi) is 6.71. The maximum absolute atomic E-state index is 13.1. The van der Waals surface area contributed by atoms with Crippen molar-refractivity contribution >= 4 is 23.5 Å². The van der Waals surface area contributed by atoms with Crippen molar-refractivity contribution in [3.8, 4) is 0 Å². The van der Waals surface area contributed by atoms with E-state index in [4.69, 9.17) is 5.41 Å². The van der Waals surface area contributed by atoms with Crippen molar-refractivity contribution in [3.63, 3.8) is 0 Å². The number of aromatic nitrogens is 1. The third-order valence-electron chi connectivity index (χ3n) is 5.16. The highest BCUT2D eigenvalue weighted by atomic mass is 19.1. The number of nitrogens with one attached hydrogen (secondary N) is 4. The second-order valence-electron chi connectivity index (χ2n) is 7.02. The van der Waals surface area contributed by atoms with E-state index in [1.807, 2.05) is 0 Å². The normalized spacial score (nSPS) is 17.6. The summed E-state index contributed by atoms with van der Waals surface area (Å²) in [7, 11) is 0. The predicted molar refractivity (Wildman–Crippen MR) is 109 cm³/mol. The fraction of sp³-hybridized carbons (Fsp3) is 0.381. The number of anilines is 2. The number of carbonyl (C=O) groups excluding carboxylic acids is 1. The summed E-state index contributed by atoms with van der Waals surface area (Å²) in [6, 6.07) is 5.96. The molecule has 0 radical (unpaired) electrons. The van der Waals surface area contributed by atoms with E-state index in [2.05, 4.69) is 27.9 Å². The zero-order valence-corrected chi connectivity index (χ0v) is 16.0. The number of halogens is 1. The minimum atomic E-state index is -0.327. The first-order chi connectivity index (χ1) is 13.6. The highest BCUT2D eigenvalue weighted by Gasteiger charge is 2.25. The molecule has 1 amide bonds. The van der Waals surface area contributed by atoms with E-state index >= 15 is 0 Å². The van der Waals surface area contributed by atoms with Gasteiger partial charge in [0.1, 0.15) is 5.82 Å². The van der Waals surface area contributed by atoms with Crippen molar-refractivity contribution in [1.82, 2.24) is 15.6 Å². The van der Waals surface area contributed by atoms with Gasteiger partial charge in [-0.15, -0.1) is 0 Å². The molecule has 3 rings (SSSR count). The van der Waals surface area contributed by atoms with Crippen LogP contribution in [0.2, 0.25) is 0 Å². The smallest absolute Gasteiger partial charge is 0.253 e. The molecule has 0 spiro atoms. The van der Waals surface area contributed by atoms with Gasteiger partial charge >= 0.3 is 0 Å². The van der Waals surface area contributed by atoms with E-state index in [0.717, 1.165) is 38.6 Å². The van der Waals surface area contributed by atoms with Crippen LogP contribution in [0.5, 0.6) is 0 Å². The number of rotatable bonds is 7. The van der Waals surface area contributed by atoms with Crippen LogP contribution in [0.25, 0.3) is 0 Å². The van der Waals surface area contributed by atoms with Crippen LogP contribution < -0.4 is 16.0 Å². The Morgan fingerprint density at radius 3 is 2.82 bits per heavy atom. The summed E-state index contributed by atoms with van der Waals surface area (Å²) in [5, 5.41) is 17.4. The Morgan fingerprint density at radius 1 is 1.39 bits per heavy atom. The highest BCUT2D eigenvalue weighted by Crippen LogP contribution is 2.23. The minimum absolute atomic E-state index is 0.0765. The fourth-order valence-corrected chi connectivity index (χ4v) is 3.62. The van der Waals surface area contributed by atoms with Crippen LogP contribution in [0.15, 0.2) is 36.7 Å². The van der Waals surface area contributed by atoms with Gasteiger partial charge in [-0.2, -0.15) is 0 Å². The molecule has 0 bridgehead atoms. The highest BCUT2D eigenvalue weighted by molar-refractivity contribution is 6.05. The molecule has 148 valence electrons. The van der Waals surface area contributed by atoms with Crippen molar-refractivity contribution in [1.29, 1.82) is 5.41 Å². The van der Waals surface area contributed by atoms with Crippen LogP contribution in [-0.2, 0) is 0 Å². The number of hydrogen-bond donors (Lipinski definition) is 4. The molecule has 1 saturated heterocycles. The maximum atomic E-state index is 13.1. The molecular formula is C21H26FN5O. The molecule has 1 aliphatic rings. The van der Waals surface area contributed by atoms with Gasteiger partial charge in [0, 0.05) is 29.7 Å². The van der Waals surface area contributed by atoms with Crippen LogP contribution in [0, 0.1) is 17.1 Å². The van der Waals surface area contributed by atoms with Gasteiger partial charge in [0.15, 0.2) is 0 Å². The lowest BCUT2D eigenvalue weighted by Crippen LogP contribution is -2.46. The van der Waals surface area contributed by atoms with Gasteiger partial charge < -0.3 is 21.4 Å². The van der Waals surface area contributed by atoms with Crippen LogP contribution in [0.1, 0.15) is 42.1 Å². The summed E-state index contributed by atoms with van der Waals surface area (Å²) >= 11 is 0. The number of carbonyl (C=O) groups is 1. The van der Waals surface area contributed by atoms with Crippen LogP contribution in [0.3, 0.4) is 0 Å². The van der Waals surface area contributed by atoms with Gasteiger partial charge in [-0.05, 0) is 62.5 Å². The molecule has 2 unspecified atom stereocenters. The molecule has 2 aromatic rings. The number of hydrogen-bond acceptors (Lipinski definition) is 5. The van der Waals surface area contributed by atoms with Crippen LogP contribution >= 0.6 is 0 Å². The molecule has 1 fully saturated rings. The van der Waals surface area contributed by atoms with Crippen molar-refractivity contribution in [3.05, 3.63) is 53.6 Å². The zero-order chi connectivity index (χ0) is 19.9. The summed E-state index contributed by atoms with van der Waals surface area (Å²) in [6.45, 7) is 4.00. The van der Waals surface area contributed by atoms with E-state index < -0.39 is 0 Å². The van der Waals surface area contributed by atoms with Gasteiger partial charge in [0.2, 0.25) is 0 Å². The summed E-state index contributed by atoms with van der Waals surface area (Å²) in [5.74, 6) is -0.155. The lowest BCUT2D eigenvalue weighted by atomic mass is 9.90. The predicted octanol–water partition coefficient (Wildman–Crippen LogP) is 3.47. The zero-order valence-electron chi connectivity index (χ0n) is 16.0. The molecular weight excluding hydrogens is 357 g/mol. The molecule has 28 heavy (non-hydrogen) atoms. The average molecular weight is 383 g/mol. The molecule has 1 aliphatic heterocycles. The lowest BCUT2D eigenvalue weighted by Gasteiger charge is -2.31. The van der Waals surface area contributed by atoms with E-state index in [-0.39, 0.29) is 17.8 Å². The second kappa shape index (κ2) is 9.41. The second-order valence-corrected chi connectivity index (χ2v) is 7.02. The summed E-state index contributed by atoms with van der Waals surface area (Å²) in [4.78, 5) is 17.1. The summed E-state index contributed by atoms with van der Waals surface area (Å²) in [5.41, 5.74) is 1.99. The first-order valence-electron chi connectivity index (χ1n) is 9.65. The van der Waals surface area contributed by atoms with Crippen molar-refractivity contribution in [2.24, 2.45) is 5.92 Å². The Bertz CT molecular complexity index is 818. The molecule has 0 saturated carbocycles. The Balaban J connectivity index is 1.79. The number of nitrogens with zero attached hydrogens (tertiary/aromatic N) is 1. The van der Waals surface area contributed by atoms with E-state index in [1.54, 1.807) is 18.3 Å². The topological polar surface area (TPSA) is 89.9 Å². The van der Waals surface area contributed by atoms with Crippen molar-refractivity contribution in [2.75, 3.05) is 18.4 Å². The minimum Gasteiger partial charge on any atom is -0.354 e. The third kappa shape index (κ3) is 4.72. The monoisotopic (exact) mass is 383 g/mol. The van der Waals surface area contributed by atoms with E-state index in [9.17, 15) is 9.18 Å². The van der Waals surface area contributed by atoms with Gasteiger partial charge in [0.25, 0.3) is 5.91 Å². The first-order valence-corrected chi connectivity index (χ1v) is 9.65. The molecule has 1 aromatic carbocycles. The molecule has 6 nitrogen and oxygen atoms in total. The van der Waals surface area contributed by atoms with Crippen LogP contribution in [0.4, 0.5) is 15.8 Å². The Labute approximate surface area is 164 Å². The van der Waals surface area contributed by atoms with E-state index in [0.29, 0.717) is 28.4 Å². The Morgan fingerprint density at radius 2 is 2.18 bits per heavy atom. The summed E-state index contributed by atoms with van der Waals surface area (Å²) < 4.78 is 13.1. The van der Waals surface area contributed by atoms with E-state index in [1.165, 1.54) is 18.3 Å². The number of amides is 1. The number of pyridine rings is 1. The first kappa shape index (κ1) is 19.9. The summed E-state index contributed by atoms with van der Waals surface area (Å²) in [6.07, 6.45) is 7.24. The molecule has 4 N–H and O–H groups in total. The molecule has 1 aromatic heterocycles. The molecule has 7 heteroatoms. The van der Waals surface area contributed by atoms with Gasteiger partial charge in [0.05, 0.1) is 17.4 Å². The lowest BCUT2D eigenvalue weighted by molar-refractivity contribution is 0.0914. The molecule has 0 aliphatic carbocycles. The maximum Gasteiger partial charge on any atom is 0.253 e. The van der Waals surface area contributed by atoms with Crippen molar-refractivity contribution in [2.45, 2.75) is 32.2 Å².